The zero-order chi connectivity index (χ0) is 24.8. The number of nitrogens with one attached hydrogen (secondary N) is 2. The molecule has 1 fully saturated rings. The van der Waals surface area contributed by atoms with Gasteiger partial charge in [-0.25, -0.2) is 9.97 Å². The first-order valence-corrected chi connectivity index (χ1v) is 13.5. The number of thiophene rings is 1. The lowest BCUT2D eigenvalue weighted by atomic mass is 10.1. The summed E-state index contributed by atoms with van der Waals surface area (Å²) >= 11 is 7.65. The summed E-state index contributed by atoms with van der Waals surface area (Å²) in [5, 5.41) is 7.65. The number of H-pyrrole nitrogens is 2. The van der Waals surface area contributed by atoms with Crippen LogP contribution >= 0.6 is 22.9 Å². The van der Waals surface area contributed by atoms with E-state index < -0.39 is 0 Å². The molecule has 1 aliphatic rings. The molecule has 10 heteroatoms. The van der Waals surface area contributed by atoms with Crippen LogP contribution in [0.15, 0.2) is 55.0 Å². The van der Waals surface area contributed by atoms with Crippen molar-refractivity contribution in [3.8, 4) is 33.3 Å². The summed E-state index contributed by atoms with van der Waals surface area (Å²) in [6.45, 7) is 3.23. The summed E-state index contributed by atoms with van der Waals surface area (Å²) < 4.78 is 0.717. The summed E-state index contributed by atoms with van der Waals surface area (Å²) in [4.78, 5) is 25.8. The van der Waals surface area contributed by atoms with Gasteiger partial charge in [-0.15, -0.1) is 11.3 Å². The minimum absolute atomic E-state index is 0.639. The largest absolute Gasteiger partial charge is 0.336 e. The molecule has 0 bridgehead atoms. The standard InChI is InChI=1S/C27H23ClN8S/c28-22-7-6-21(37-22)25-23-19(8-9-30-25)32-27(33-23)26-24-20(34-35-26)5-4-18(31-24)17-12-16(13-29-14-17)15-36-10-2-1-3-11-36/h4-9,12-14H,1-3,10-11,15H2,(H,32,33)(H,34,35). The number of nitrogens with zero attached hydrogens (tertiary/aromatic N) is 6. The van der Waals surface area contributed by atoms with Gasteiger partial charge in [-0.05, 0) is 67.9 Å². The molecule has 6 aromatic rings. The van der Waals surface area contributed by atoms with Crippen molar-refractivity contribution in [2.75, 3.05) is 13.1 Å². The van der Waals surface area contributed by atoms with Crippen LogP contribution in [-0.2, 0) is 6.54 Å². The van der Waals surface area contributed by atoms with Crippen LogP contribution in [0.3, 0.4) is 0 Å². The molecule has 0 radical (unpaired) electrons. The van der Waals surface area contributed by atoms with Gasteiger partial charge in [0, 0.05) is 30.7 Å². The molecule has 2 N–H and O–H groups in total. The summed E-state index contributed by atoms with van der Waals surface area (Å²) in [6, 6.07) is 12.0. The normalized spacial score (nSPS) is 14.6. The summed E-state index contributed by atoms with van der Waals surface area (Å²) in [5.41, 5.74) is 7.78. The Kier molecular flexibility index (Phi) is 5.68. The first-order chi connectivity index (χ1) is 18.2. The van der Waals surface area contributed by atoms with Crippen molar-refractivity contribution in [1.29, 1.82) is 0 Å². The third-order valence-electron chi connectivity index (χ3n) is 6.79. The maximum Gasteiger partial charge on any atom is 0.161 e. The van der Waals surface area contributed by atoms with Crippen LogP contribution in [0.5, 0.6) is 0 Å². The van der Waals surface area contributed by atoms with Crippen LogP contribution < -0.4 is 0 Å². The molecular weight excluding hydrogens is 504 g/mol. The van der Waals surface area contributed by atoms with Crippen molar-refractivity contribution >= 4 is 45.0 Å². The monoisotopic (exact) mass is 526 g/mol. The van der Waals surface area contributed by atoms with E-state index in [1.807, 2.05) is 42.7 Å². The molecule has 0 atom stereocenters. The molecule has 1 saturated heterocycles. The van der Waals surface area contributed by atoms with Gasteiger partial charge >= 0.3 is 0 Å². The summed E-state index contributed by atoms with van der Waals surface area (Å²) in [6.07, 6.45) is 9.48. The zero-order valence-electron chi connectivity index (χ0n) is 19.9. The molecule has 7 rings (SSSR count). The smallest absolute Gasteiger partial charge is 0.161 e. The SMILES string of the molecule is Clc1ccc(-c2nccc3[nH]c(-c4n[nH]c5ccc(-c6cncc(CN7CCCCC7)c6)nc45)nc23)s1. The molecule has 8 nitrogen and oxygen atoms in total. The van der Waals surface area contributed by atoms with Crippen LogP contribution in [0.1, 0.15) is 24.8 Å². The number of aromatic amines is 2. The van der Waals surface area contributed by atoms with Crippen LogP contribution in [0.2, 0.25) is 4.34 Å². The topological polar surface area (TPSA) is 99.3 Å². The number of likely N-dealkylation sites (tertiary alicyclic amines) is 1. The van der Waals surface area contributed by atoms with Crippen LogP contribution in [-0.4, -0.2) is 53.1 Å². The maximum absolute atomic E-state index is 6.17. The number of aromatic nitrogens is 7. The fraction of sp³-hybridized carbons (Fsp3) is 0.222. The molecule has 6 aromatic heterocycles. The number of halogens is 1. The lowest BCUT2D eigenvalue weighted by Gasteiger charge is -2.26. The zero-order valence-corrected chi connectivity index (χ0v) is 21.5. The molecule has 184 valence electrons. The van der Waals surface area contributed by atoms with Crippen LogP contribution in [0.25, 0.3) is 55.4 Å². The van der Waals surface area contributed by atoms with E-state index in [1.165, 1.54) is 36.2 Å². The minimum Gasteiger partial charge on any atom is -0.336 e. The van der Waals surface area contributed by atoms with E-state index in [-0.39, 0.29) is 0 Å². The number of hydrogen-bond acceptors (Lipinski definition) is 7. The number of hydrogen-bond donors (Lipinski definition) is 2. The number of pyridine rings is 3. The average molecular weight is 527 g/mol. The second kappa shape index (κ2) is 9.33. The van der Waals surface area contributed by atoms with Crippen molar-refractivity contribution in [3.63, 3.8) is 0 Å². The van der Waals surface area contributed by atoms with Gasteiger partial charge in [-0.2, -0.15) is 5.10 Å². The van der Waals surface area contributed by atoms with Gasteiger partial charge in [0.2, 0.25) is 0 Å². The summed E-state index contributed by atoms with van der Waals surface area (Å²) in [7, 11) is 0. The highest BCUT2D eigenvalue weighted by atomic mass is 35.5. The molecule has 0 aromatic carbocycles. The molecule has 0 saturated carbocycles. The van der Waals surface area contributed by atoms with Crippen LogP contribution in [0, 0.1) is 0 Å². The van der Waals surface area contributed by atoms with Crippen molar-refractivity contribution in [1.82, 2.24) is 40.0 Å². The van der Waals surface area contributed by atoms with Crippen molar-refractivity contribution < 1.29 is 0 Å². The quantitative estimate of drug-likeness (QED) is 0.272. The molecule has 0 spiro atoms. The Labute approximate surface area is 221 Å². The maximum atomic E-state index is 6.17. The van der Waals surface area contributed by atoms with Gasteiger partial charge in [-0.1, -0.05) is 18.0 Å². The van der Waals surface area contributed by atoms with E-state index in [4.69, 9.17) is 21.6 Å². The van der Waals surface area contributed by atoms with E-state index >= 15 is 0 Å². The first-order valence-electron chi connectivity index (χ1n) is 12.3. The summed E-state index contributed by atoms with van der Waals surface area (Å²) in [5.74, 6) is 0.639. The number of rotatable bonds is 5. The van der Waals surface area contributed by atoms with E-state index in [1.54, 1.807) is 6.20 Å². The number of fused-ring (bicyclic) bond motifs is 2. The predicted octanol–water partition coefficient (Wildman–Crippen LogP) is 6.33. The Morgan fingerprint density at radius 3 is 2.68 bits per heavy atom. The van der Waals surface area contributed by atoms with E-state index in [2.05, 4.69) is 36.1 Å². The molecule has 0 unspecified atom stereocenters. The Morgan fingerprint density at radius 2 is 1.81 bits per heavy atom. The van der Waals surface area contributed by atoms with Gasteiger partial charge < -0.3 is 4.98 Å². The van der Waals surface area contributed by atoms with Crippen LogP contribution in [0.4, 0.5) is 0 Å². The number of piperidine rings is 1. The lowest BCUT2D eigenvalue weighted by molar-refractivity contribution is 0.220. The van der Waals surface area contributed by atoms with E-state index in [0.29, 0.717) is 15.9 Å². The van der Waals surface area contributed by atoms with Gasteiger partial charge in [0.1, 0.15) is 16.7 Å². The van der Waals surface area contributed by atoms with Crippen molar-refractivity contribution in [2.24, 2.45) is 0 Å². The molecule has 0 aliphatic carbocycles. The molecule has 1 aliphatic heterocycles. The third-order valence-corrected chi connectivity index (χ3v) is 8.02. The van der Waals surface area contributed by atoms with Crippen molar-refractivity contribution in [2.45, 2.75) is 25.8 Å². The van der Waals surface area contributed by atoms with Gasteiger partial charge in [0.15, 0.2) is 11.5 Å². The molecule has 37 heavy (non-hydrogen) atoms. The average Bonchev–Trinajstić information content (AvgIpc) is 3.66. The second-order valence-corrected chi connectivity index (χ2v) is 11.0. The molecule has 0 amide bonds. The highest BCUT2D eigenvalue weighted by Gasteiger charge is 2.18. The Balaban J connectivity index is 1.26. The second-order valence-electron chi connectivity index (χ2n) is 9.33. The highest BCUT2D eigenvalue weighted by molar-refractivity contribution is 7.19. The molecular formula is C27H23ClN8S. The third kappa shape index (κ3) is 4.29. The Bertz CT molecular complexity index is 1730. The molecule has 7 heterocycles. The van der Waals surface area contributed by atoms with Gasteiger partial charge in [-0.3, -0.25) is 20.0 Å². The fourth-order valence-corrected chi connectivity index (χ4v) is 6.02. The first kappa shape index (κ1) is 22.5. The predicted molar refractivity (Wildman–Crippen MR) is 147 cm³/mol. The van der Waals surface area contributed by atoms with E-state index in [9.17, 15) is 0 Å². The van der Waals surface area contributed by atoms with E-state index in [0.717, 1.165) is 63.5 Å². The van der Waals surface area contributed by atoms with Gasteiger partial charge in [0.25, 0.3) is 0 Å². The Hall–Kier alpha value is -3.66. The lowest BCUT2D eigenvalue weighted by Crippen LogP contribution is -2.29. The highest BCUT2D eigenvalue weighted by Crippen LogP contribution is 2.35. The fourth-order valence-electron chi connectivity index (χ4n) is 4.98. The number of imidazole rings is 1. The van der Waals surface area contributed by atoms with Gasteiger partial charge in [0.05, 0.1) is 25.9 Å². The van der Waals surface area contributed by atoms with Crippen molar-refractivity contribution in [3.05, 3.63) is 64.9 Å². The minimum atomic E-state index is 0.639. The Morgan fingerprint density at radius 1 is 0.919 bits per heavy atom.